The second-order valence-corrected chi connectivity index (χ2v) is 15.0. The third-order valence-corrected chi connectivity index (χ3v) is 10.8. The molecule has 9 heteroatoms. The third kappa shape index (κ3) is 12.2. The van der Waals surface area contributed by atoms with Crippen LogP contribution in [0.4, 0.5) is 0 Å². The lowest BCUT2D eigenvalue weighted by atomic mass is 9.84. The van der Waals surface area contributed by atoms with Crippen LogP contribution in [-0.4, -0.2) is 41.7 Å². The van der Waals surface area contributed by atoms with Gasteiger partial charge in [0, 0.05) is 0 Å². The Morgan fingerprint density at radius 2 is 0.561 bits per heavy atom. The highest BCUT2D eigenvalue weighted by Crippen LogP contribution is 2.47. The van der Waals surface area contributed by atoms with Crippen molar-refractivity contribution in [3.05, 3.63) is 215 Å². The van der Waals surface area contributed by atoms with Gasteiger partial charge in [-0.15, -0.1) is 0 Å². The molecule has 1 aliphatic carbocycles. The zero-order valence-electron chi connectivity index (χ0n) is 31.8. The van der Waals surface area contributed by atoms with Crippen LogP contribution in [0.15, 0.2) is 182 Å². The molecule has 1 saturated carbocycles. The van der Waals surface area contributed by atoms with E-state index in [0.717, 1.165) is 33.4 Å². The molecule has 1 fully saturated rings. The molecular weight excluding hydrogens is 735 g/mol. The lowest BCUT2D eigenvalue weighted by Crippen LogP contribution is -2.66. The summed E-state index contributed by atoms with van der Waals surface area (Å²) in [6.07, 6.45) is -5.51. The summed E-state index contributed by atoms with van der Waals surface area (Å²) < 4.78 is 46.9. The predicted octanol–water partition coefficient (Wildman–Crippen LogP) is 9.75. The van der Waals surface area contributed by atoms with E-state index < -0.39 is 45.2 Å². The number of ether oxygens (including phenoxy) is 4. The third-order valence-electron chi connectivity index (χ3n) is 9.68. The Morgan fingerprint density at radius 3 is 0.877 bits per heavy atom. The first kappa shape index (κ1) is 40.6. The molecule has 0 unspecified atom stereocenters. The van der Waals surface area contributed by atoms with Gasteiger partial charge in [0.25, 0.3) is 0 Å². The molecule has 57 heavy (non-hydrogen) atoms. The van der Waals surface area contributed by atoms with E-state index in [1.165, 1.54) is 0 Å². The number of aliphatic hydroxyl groups excluding tert-OH is 1. The van der Waals surface area contributed by atoms with Crippen molar-refractivity contribution >= 4 is 8.60 Å². The van der Waals surface area contributed by atoms with Crippen LogP contribution in [0.1, 0.15) is 33.4 Å². The fourth-order valence-electron chi connectivity index (χ4n) is 6.69. The Morgan fingerprint density at radius 1 is 0.316 bits per heavy atom. The maximum absolute atomic E-state index is 12.6. The van der Waals surface area contributed by atoms with Crippen molar-refractivity contribution in [2.75, 3.05) is 0 Å². The molecule has 6 aromatic carbocycles. The van der Waals surface area contributed by atoms with Gasteiger partial charge in [-0.2, -0.15) is 0 Å². The first-order valence-corrected chi connectivity index (χ1v) is 20.4. The molecule has 0 saturated heterocycles. The minimum absolute atomic E-state index is 0.227. The highest BCUT2D eigenvalue weighted by atomic mass is 31.2. The lowest BCUT2D eigenvalue weighted by molar-refractivity contribution is -0.270. The minimum Gasteiger partial charge on any atom is -0.387 e. The molecule has 8 nitrogen and oxygen atoms in total. The molecule has 1 aliphatic rings. The average molecular weight is 785 g/mol. The van der Waals surface area contributed by atoms with Gasteiger partial charge >= 0.3 is 8.60 Å². The Kier molecular flexibility index (Phi) is 15.5. The van der Waals surface area contributed by atoms with Crippen molar-refractivity contribution in [2.45, 2.75) is 76.3 Å². The molecule has 0 amide bonds. The maximum atomic E-state index is 12.6. The van der Waals surface area contributed by atoms with Crippen molar-refractivity contribution in [3.63, 3.8) is 0 Å². The van der Waals surface area contributed by atoms with E-state index in [4.69, 9.17) is 32.5 Å². The largest absolute Gasteiger partial charge is 0.387 e. The van der Waals surface area contributed by atoms with Crippen molar-refractivity contribution in [1.82, 2.24) is 0 Å². The lowest BCUT2D eigenvalue weighted by Gasteiger charge is -2.48. The van der Waals surface area contributed by atoms with Crippen molar-refractivity contribution in [2.24, 2.45) is 0 Å². The molecule has 0 aliphatic heterocycles. The van der Waals surface area contributed by atoms with Gasteiger partial charge in [-0.25, -0.2) is 0 Å². The molecule has 0 spiro atoms. The second-order valence-electron chi connectivity index (χ2n) is 13.8. The number of hydrogen-bond acceptors (Lipinski definition) is 8. The van der Waals surface area contributed by atoms with Gasteiger partial charge in [0.2, 0.25) is 0 Å². The standard InChI is InChI=1S/C48H49O8P/c49-43-44(50-31-37-19-7-1-8-20-37)46(51-32-38-21-9-2-10-22-38)48(53-34-40-25-13-4-14-26-40)47(52-33-39-23-11-3-12-24-39)45(43)56-57(54-35-41-27-15-5-16-28-41)55-36-42-29-17-6-18-30-42/h1-30,43-49H,31-36H2/t43-,44-,45-,46+,47-,48-/m1/s1. The quantitative estimate of drug-likeness (QED) is 0.0767. The van der Waals surface area contributed by atoms with E-state index in [-0.39, 0.29) is 39.6 Å². The monoisotopic (exact) mass is 784 g/mol. The van der Waals surface area contributed by atoms with Crippen LogP contribution < -0.4 is 0 Å². The topological polar surface area (TPSA) is 84.8 Å². The van der Waals surface area contributed by atoms with Crippen molar-refractivity contribution in [1.29, 1.82) is 0 Å². The van der Waals surface area contributed by atoms with E-state index in [1.54, 1.807) is 0 Å². The summed E-state index contributed by atoms with van der Waals surface area (Å²) in [4.78, 5) is 0. The van der Waals surface area contributed by atoms with Gasteiger partial charge in [-0.3, -0.25) is 0 Å². The molecule has 7 rings (SSSR count). The van der Waals surface area contributed by atoms with Gasteiger partial charge in [-0.05, 0) is 33.4 Å². The van der Waals surface area contributed by atoms with Gasteiger partial charge in [0.15, 0.2) is 0 Å². The Labute approximate surface area is 336 Å². The Hall–Kier alpha value is -4.57. The van der Waals surface area contributed by atoms with E-state index in [2.05, 4.69) is 0 Å². The Bertz CT molecular complexity index is 1930. The normalized spacial score (nSPS) is 20.7. The molecule has 294 valence electrons. The number of aliphatic hydroxyl groups is 1. The maximum Gasteiger partial charge on any atom is 0.333 e. The average Bonchev–Trinajstić information content (AvgIpc) is 3.28. The van der Waals surface area contributed by atoms with Gasteiger partial charge in [0.1, 0.15) is 36.6 Å². The van der Waals surface area contributed by atoms with Gasteiger partial charge in [0.05, 0.1) is 39.6 Å². The van der Waals surface area contributed by atoms with Gasteiger partial charge < -0.3 is 37.6 Å². The summed E-state index contributed by atoms with van der Waals surface area (Å²) in [6, 6.07) is 59.4. The number of benzene rings is 6. The van der Waals surface area contributed by atoms with E-state index in [9.17, 15) is 5.11 Å². The molecule has 0 heterocycles. The predicted molar refractivity (Wildman–Crippen MR) is 220 cm³/mol. The summed E-state index contributed by atoms with van der Waals surface area (Å²) in [5.41, 5.74) is 5.78. The zero-order valence-corrected chi connectivity index (χ0v) is 32.7. The summed E-state index contributed by atoms with van der Waals surface area (Å²) in [5, 5.41) is 12.6. The van der Waals surface area contributed by atoms with Crippen LogP contribution in [0.5, 0.6) is 0 Å². The van der Waals surface area contributed by atoms with Crippen LogP contribution in [0.25, 0.3) is 0 Å². The van der Waals surface area contributed by atoms with Crippen LogP contribution in [0.3, 0.4) is 0 Å². The molecule has 1 N–H and O–H groups in total. The van der Waals surface area contributed by atoms with E-state index >= 15 is 0 Å². The summed E-state index contributed by atoms with van der Waals surface area (Å²) in [7, 11) is -2.04. The molecule has 0 bridgehead atoms. The van der Waals surface area contributed by atoms with Crippen LogP contribution >= 0.6 is 8.60 Å². The highest BCUT2D eigenvalue weighted by molar-refractivity contribution is 7.41. The molecule has 0 radical (unpaired) electrons. The van der Waals surface area contributed by atoms with Gasteiger partial charge in [-0.1, -0.05) is 182 Å². The van der Waals surface area contributed by atoms with Crippen LogP contribution in [-0.2, 0) is 72.2 Å². The molecule has 6 atom stereocenters. The number of rotatable bonds is 20. The zero-order chi connectivity index (χ0) is 38.9. The SMILES string of the molecule is O[C@@H]1[C@@H](OCc2ccccc2)[C@H](OCc2ccccc2)[C@@H](OCc2ccccc2)[C@H](OCc2ccccc2)[C@@H]1OP(OCc1ccccc1)OCc1ccccc1. The summed E-state index contributed by atoms with van der Waals surface area (Å²) >= 11 is 0. The first-order chi connectivity index (χ1) is 28.2. The molecular formula is C48H49O8P. The fourth-order valence-corrected chi connectivity index (χ4v) is 7.84. The molecule has 6 aromatic rings. The smallest absolute Gasteiger partial charge is 0.333 e. The van der Waals surface area contributed by atoms with Crippen molar-refractivity contribution in [3.8, 4) is 0 Å². The Balaban J connectivity index is 1.25. The minimum atomic E-state index is -2.04. The second kappa shape index (κ2) is 21.8. The van der Waals surface area contributed by atoms with E-state index in [0.29, 0.717) is 0 Å². The van der Waals surface area contributed by atoms with Crippen LogP contribution in [0.2, 0.25) is 0 Å². The van der Waals surface area contributed by atoms with E-state index in [1.807, 2.05) is 182 Å². The summed E-state index contributed by atoms with van der Waals surface area (Å²) in [5.74, 6) is 0. The number of hydrogen-bond donors (Lipinski definition) is 1. The van der Waals surface area contributed by atoms with Crippen molar-refractivity contribution < 1.29 is 37.6 Å². The summed E-state index contributed by atoms with van der Waals surface area (Å²) in [6.45, 7) is 1.47. The fraction of sp³-hybridized carbons (Fsp3) is 0.250. The first-order valence-electron chi connectivity index (χ1n) is 19.3. The van der Waals surface area contributed by atoms with Crippen LogP contribution in [0, 0.1) is 0 Å². The highest BCUT2D eigenvalue weighted by Gasteiger charge is 2.55. The molecule has 0 aromatic heterocycles.